The van der Waals surface area contributed by atoms with E-state index in [2.05, 4.69) is 31.5 Å². The summed E-state index contributed by atoms with van der Waals surface area (Å²) in [7, 11) is 0. The second-order valence-corrected chi connectivity index (χ2v) is 11.2. The van der Waals surface area contributed by atoms with Crippen molar-refractivity contribution in [1.29, 1.82) is 0 Å². The fourth-order valence-corrected chi connectivity index (χ4v) is 7.13. The highest BCUT2D eigenvalue weighted by Gasteiger charge is 2.70. The zero-order valence-electron chi connectivity index (χ0n) is 20.4. The molecule has 4 aliphatic heterocycles. The SMILES string of the molecule is O=C1[C@H]2[C@@H](C(=O)N1c1ccc3c(c1)OCO3)[C@@]1(N[C@@H]2Cc2c[nH]c3ccccc23)C(=O)Nc2ccc(Br)cc21. The van der Waals surface area contributed by atoms with Crippen molar-refractivity contribution >= 4 is 55.9 Å². The van der Waals surface area contributed by atoms with Crippen LogP contribution >= 0.6 is 15.9 Å². The van der Waals surface area contributed by atoms with Crippen molar-refractivity contribution in [3.8, 4) is 11.5 Å². The van der Waals surface area contributed by atoms with Gasteiger partial charge in [0.2, 0.25) is 24.5 Å². The Bertz CT molecular complexity index is 1750. The maximum atomic E-state index is 14.3. The van der Waals surface area contributed by atoms with E-state index in [-0.39, 0.29) is 18.6 Å². The van der Waals surface area contributed by atoms with Crippen LogP contribution in [0.3, 0.4) is 0 Å². The summed E-state index contributed by atoms with van der Waals surface area (Å²) in [6.07, 6.45) is 2.39. The van der Waals surface area contributed by atoms with Crippen LogP contribution in [0.4, 0.5) is 11.4 Å². The Labute approximate surface area is 230 Å². The number of benzene rings is 3. The molecule has 3 amide bonds. The fraction of sp³-hybridized carbons (Fsp3) is 0.207. The molecule has 8 rings (SSSR count). The largest absolute Gasteiger partial charge is 0.454 e. The van der Waals surface area contributed by atoms with Gasteiger partial charge in [-0.3, -0.25) is 19.7 Å². The number of H-pyrrole nitrogens is 1. The number of ether oxygens (including phenoxy) is 2. The molecule has 0 unspecified atom stereocenters. The first kappa shape index (κ1) is 22.8. The average molecular weight is 585 g/mol. The summed E-state index contributed by atoms with van der Waals surface area (Å²) < 4.78 is 11.7. The van der Waals surface area contributed by atoms with E-state index in [1.807, 2.05) is 48.7 Å². The maximum Gasteiger partial charge on any atom is 0.250 e. The molecule has 3 aromatic carbocycles. The van der Waals surface area contributed by atoms with E-state index in [9.17, 15) is 14.4 Å². The standard InChI is InChI=1S/C29H21BrN4O5/c30-15-5-7-20-18(10-15)29(28(37)32-20)25-24(21(33-29)9-14-12-31-19-4-2-1-3-17(14)19)26(35)34(27(25)36)16-6-8-22-23(11-16)39-13-38-22/h1-8,10-12,21,24-25,31,33H,9,13H2,(H,32,37)/t21-,24-,25+,29-/m1/s1. The molecule has 0 aliphatic carbocycles. The van der Waals surface area contributed by atoms with E-state index in [4.69, 9.17) is 9.47 Å². The molecule has 39 heavy (non-hydrogen) atoms. The van der Waals surface area contributed by atoms with E-state index in [1.165, 1.54) is 4.90 Å². The maximum absolute atomic E-state index is 14.3. The van der Waals surface area contributed by atoms with Crippen LogP contribution in [0.15, 0.2) is 71.3 Å². The van der Waals surface area contributed by atoms with Crippen LogP contribution in [0, 0.1) is 11.8 Å². The number of nitrogens with one attached hydrogen (secondary N) is 3. The lowest BCUT2D eigenvalue weighted by molar-refractivity contribution is -0.130. The molecular formula is C29H21BrN4O5. The highest BCUT2D eigenvalue weighted by molar-refractivity contribution is 9.10. The average Bonchev–Trinajstić information content (AvgIpc) is 3.73. The minimum absolute atomic E-state index is 0.0808. The summed E-state index contributed by atoms with van der Waals surface area (Å²) in [6, 6.07) is 18.0. The number of aromatic nitrogens is 1. The second-order valence-electron chi connectivity index (χ2n) is 10.3. The van der Waals surface area contributed by atoms with Crippen molar-refractivity contribution in [2.75, 3.05) is 17.0 Å². The van der Waals surface area contributed by atoms with Gasteiger partial charge < -0.3 is 19.8 Å². The first-order chi connectivity index (χ1) is 19.0. The van der Waals surface area contributed by atoms with Crippen molar-refractivity contribution in [2.24, 2.45) is 11.8 Å². The van der Waals surface area contributed by atoms with Crippen LogP contribution in [0.5, 0.6) is 11.5 Å². The number of rotatable bonds is 3. The minimum Gasteiger partial charge on any atom is -0.454 e. The van der Waals surface area contributed by atoms with Gasteiger partial charge in [0.25, 0.3) is 0 Å². The topological polar surface area (TPSA) is 113 Å². The Balaban J connectivity index is 1.28. The highest BCUT2D eigenvalue weighted by atomic mass is 79.9. The van der Waals surface area contributed by atoms with Gasteiger partial charge in [0.05, 0.1) is 17.5 Å². The Hall–Kier alpha value is -4.15. The zero-order valence-corrected chi connectivity index (χ0v) is 21.9. The minimum atomic E-state index is -1.39. The second kappa shape index (κ2) is 7.93. The van der Waals surface area contributed by atoms with Crippen molar-refractivity contribution in [2.45, 2.75) is 18.0 Å². The molecule has 0 radical (unpaired) electrons. The van der Waals surface area contributed by atoms with Crippen molar-refractivity contribution in [3.63, 3.8) is 0 Å². The molecule has 0 bridgehead atoms. The van der Waals surface area contributed by atoms with Gasteiger partial charge in [-0.2, -0.15) is 0 Å². The molecule has 2 fully saturated rings. The molecular weight excluding hydrogens is 564 g/mol. The lowest BCUT2D eigenvalue weighted by atomic mass is 9.76. The molecule has 0 saturated carbocycles. The number of halogens is 1. The summed E-state index contributed by atoms with van der Waals surface area (Å²) in [5.74, 6) is -1.74. The summed E-state index contributed by atoms with van der Waals surface area (Å²) in [5, 5.41) is 7.52. The van der Waals surface area contributed by atoms with Crippen LogP contribution < -0.4 is 25.0 Å². The predicted octanol–water partition coefficient (Wildman–Crippen LogP) is 3.83. The fourth-order valence-electron chi connectivity index (χ4n) is 6.77. The van der Waals surface area contributed by atoms with Gasteiger partial charge in [-0.05, 0) is 48.4 Å². The molecule has 9 nitrogen and oxygen atoms in total. The van der Waals surface area contributed by atoms with Crippen LogP contribution in [-0.2, 0) is 26.3 Å². The zero-order chi connectivity index (χ0) is 26.5. The summed E-state index contributed by atoms with van der Waals surface area (Å²) in [5.41, 5.74) is 2.29. The Morgan fingerprint density at radius 1 is 0.974 bits per heavy atom. The number of fused-ring (bicyclic) bond motifs is 6. The summed E-state index contributed by atoms with van der Waals surface area (Å²) >= 11 is 3.52. The van der Waals surface area contributed by atoms with Gasteiger partial charge in [-0.15, -0.1) is 0 Å². The first-order valence-electron chi connectivity index (χ1n) is 12.7. The molecule has 4 aromatic rings. The Morgan fingerprint density at radius 3 is 2.72 bits per heavy atom. The molecule has 1 aromatic heterocycles. The molecule has 1 spiro atoms. The molecule has 10 heteroatoms. The number of imide groups is 1. The third kappa shape index (κ3) is 3.01. The number of nitrogens with zero attached hydrogens (tertiary/aromatic N) is 1. The van der Waals surface area contributed by atoms with Crippen LogP contribution in [-0.4, -0.2) is 35.5 Å². The third-order valence-corrected chi connectivity index (χ3v) is 8.90. The van der Waals surface area contributed by atoms with Gasteiger partial charge in [-0.25, -0.2) is 4.90 Å². The number of anilines is 2. The van der Waals surface area contributed by atoms with Gasteiger partial charge in [0, 0.05) is 44.9 Å². The highest BCUT2D eigenvalue weighted by Crippen LogP contribution is 2.54. The number of carbonyl (C=O) groups is 3. The summed E-state index contributed by atoms with van der Waals surface area (Å²) in [6.45, 7) is 0.0808. The normalized spacial score (nSPS) is 26.5. The Morgan fingerprint density at radius 2 is 1.82 bits per heavy atom. The van der Waals surface area contributed by atoms with E-state index < -0.39 is 29.3 Å². The van der Waals surface area contributed by atoms with Crippen molar-refractivity contribution in [3.05, 3.63) is 82.5 Å². The van der Waals surface area contributed by atoms with E-state index in [0.717, 1.165) is 20.9 Å². The molecule has 4 aliphatic rings. The van der Waals surface area contributed by atoms with Gasteiger partial charge in [0.1, 0.15) is 5.54 Å². The van der Waals surface area contributed by atoms with Crippen LogP contribution in [0.2, 0.25) is 0 Å². The monoisotopic (exact) mass is 584 g/mol. The molecule has 2 saturated heterocycles. The number of hydrogen-bond acceptors (Lipinski definition) is 6. The van der Waals surface area contributed by atoms with E-state index in [1.54, 1.807) is 18.2 Å². The Kier molecular flexibility index (Phi) is 4.64. The third-order valence-electron chi connectivity index (χ3n) is 8.41. The van der Waals surface area contributed by atoms with Crippen LogP contribution in [0.1, 0.15) is 11.1 Å². The van der Waals surface area contributed by atoms with Crippen molar-refractivity contribution < 1.29 is 23.9 Å². The predicted molar refractivity (Wildman–Crippen MR) is 145 cm³/mol. The van der Waals surface area contributed by atoms with Crippen molar-refractivity contribution in [1.82, 2.24) is 10.3 Å². The number of para-hydroxylation sites is 1. The molecule has 3 N–H and O–H groups in total. The van der Waals surface area contributed by atoms with Gasteiger partial charge >= 0.3 is 0 Å². The van der Waals surface area contributed by atoms with E-state index in [0.29, 0.717) is 34.9 Å². The van der Waals surface area contributed by atoms with Gasteiger partial charge in [-0.1, -0.05) is 34.1 Å². The molecule has 5 heterocycles. The lowest BCUT2D eigenvalue weighted by Gasteiger charge is -2.29. The van der Waals surface area contributed by atoms with Crippen LogP contribution in [0.25, 0.3) is 10.9 Å². The molecule has 194 valence electrons. The smallest absolute Gasteiger partial charge is 0.250 e. The number of carbonyl (C=O) groups excluding carboxylic acids is 3. The number of amides is 3. The molecule has 4 atom stereocenters. The summed E-state index contributed by atoms with van der Waals surface area (Å²) in [4.78, 5) is 46.7. The van der Waals surface area contributed by atoms with Gasteiger partial charge in [0.15, 0.2) is 11.5 Å². The number of hydrogen-bond donors (Lipinski definition) is 3. The first-order valence-corrected chi connectivity index (χ1v) is 13.5. The lowest BCUT2D eigenvalue weighted by Crippen LogP contribution is -2.53. The van der Waals surface area contributed by atoms with E-state index >= 15 is 0 Å². The quantitative estimate of drug-likeness (QED) is 0.315. The number of aromatic amines is 1.